The fourth-order valence-corrected chi connectivity index (χ4v) is 2.24. The topological polar surface area (TPSA) is 35.2 Å². The van der Waals surface area contributed by atoms with Crippen molar-refractivity contribution in [1.82, 2.24) is 0 Å². The molecule has 1 aliphatic heterocycles. The predicted molar refractivity (Wildman–Crippen MR) is 60.1 cm³/mol. The molecule has 2 heteroatoms. The van der Waals surface area contributed by atoms with Gasteiger partial charge in [0.15, 0.2) is 0 Å². The summed E-state index contributed by atoms with van der Waals surface area (Å²) in [6, 6.07) is 8.34. The van der Waals surface area contributed by atoms with Crippen LogP contribution in [0, 0.1) is 0 Å². The highest BCUT2D eigenvalue weighted by atomic mass is 16.5. The molecule has 2 unspecified atom stereocenters. The quantitative estimate of drug-likeness (QED) is 0.692. The summed E-state index contributed by atoms with van der Waals surface area (Å²) in [5.41, 5.74) is 9.75. The molecular formula is C13H13NO. The van der Waals surface area contributed by atoms with Gasteiger partial charge in [-0.25, -0.2) is 0 Å². The van der Waals surface area contributed by atoms with Gasteiger partial charge in [0.2, 0.25) is 0 Å². The Labute approximate surface area is 89.0 Å². The van der Waals surface area contributed by atoms with Crippen molar-refractivity contribution in [1.29, 1.82) is 0 Å². The first kappa shape index (κ1) is 8.89. The number of benzene rings is 1. The number of fused-ring (bicyclic) bond motifs is 3. The molecule has 0 aromatic heterocycles. The third-order valence-electron chi connectivity index (χ3n) is 3.01. The highest BCUT2D eigenvalue weighted by Gasteiger charge is 2.29. The third-order valence-corrected chi connectivity index (χ3v) is 3.01. The molecule has 3 rings (SSSR count). The van der Waals surface area contributed by atoms with Gasteiger partial charge in [-0.1, -0.05) is 42.5 Å². The summed E-state index contributed by atoms with van der Waals surface area (Å²) in [5, 5.41) is 0. The summed E-state index contributed by atoms with van der Waals surface area (Å²) in [7, 11) is 0. The van der Waals surface area contributed by atoms with Gasteiger partial charge in [-0.2, -0.15) is 0 Å². The molecule has 1 aromatic carbocycles. The van der Waals surface area contributed by atoms with Crippen LogP contribution in [0.25, 0.3) is 5.57 Å². The monoisotopic (exact) mass is 199 g/mol. The van der Waals surface area contributed by atoms with E-state index in [2.05, 4.69) is 24.3 Å². The van der Waals surface area contributed by atoms with E-state index in [1.165, 1.54) is 16.7 Å². The molecule has 0 bridgehead atoms. The van der Waals surface area contributed by atoms with Crippen LogP contribution in [0.15, 0.2) is 42.5 Å². The molecule has 1 aromatic rings. The molecule has 0 saturated heterocycles. The first-order chi connectivity index (χ1) is 7.36. The Morgan fingerprint density at radius 3 is 3.07 bits per heavy atom. The Kier molecular flexibility index (Phi) is 1.97. The van der Waals surface area contributed by atoms with Crippen molar-refractivity contribution in [2.24, 2.45) is 5.73 Å². The average Bonchev–Trinajstić information content (AvgIpc) is 2.29. The van der Waals surface area contributed by atoms with Crippen LogP contribution in [0.1, 0.15) is 11.1 Å². The van der Waals surface area contributed by atoms with Gasteiger partial charge in [0.25, 0.3) is 0 Å². The van der Waals surface area contributed by atoms with Crippen LogP contribution in [-0.4, -0.2) is 12.1 Å². The molecule has 76 valence electrons. The molecule has 0 saturated carbocycles. The van der Waals surface area contributed by atoms with Crippen molar-refractivity contribution in [2.45, 2.75) is 18.8 Å². The number of hydrogen-bond donors (Lipinski definition) is 1. The van der Waals surface area contributed by atoms with E-state index in [4.69, 9.17) is 10.5 Å². The highest BCUT2D eigenvalue weighted by Crippen LogP contribution is 2.33. The van der Waals surface area contributed by atoms with E-state index < -0.39 is 0 Å². The summed E-state index contributed by atoms with van der Waals surface area (Å²) in [5.74, 6) is 0. The zero-order valence-electron chi connectivity index (χ0n) is 8.39. The Bertz CT molecular complexity index is 448. The van der Waals surface area contributed by atoms with E-state index in [9.17, 15) is 0 Å². The van der Waals surface area contributed by atoms with Crippen molar-refractivity contribution in [3.63, 3.8) is 0 Å². The zero-order valence-corrected chi connectivity index (χ0v) is 8.39. The Morgan fingerprint density at radius 2 is 2.13 bits per heavy atom. The van der Waals surface area contributed by atoms with Crippen LogP contribution >= 0.6 is 0 Å². The molecule has 0 radical (unpaired) electrons. The van der Waals surface area contributed by atoms with Crippen molar-refractivity contribution >= 4 is 5.57 Å². The lowest BCUT2D eigenvalue weighted by Crippen LogP contribution is -2.39. The summed E-state index contributed by atoms with van der Waals surface area (Å²) < 4.78 is 5.78. The fourth-order valence-electron chi connectivity index (χ4n) is 2.24. The van der Waals surface area contributed by atoms with Crippen molar-refractivity contribution in [3.8, 4) is 0 Å². The van der Waals surface area contributed by atoms with Gasteiger partial charge in [0, 0.05) is 0 Å². The summed E-state index contributed by atoms with van der Waals surface area (Å²) in [6.45, 7) is 0.666. The standard InChI is InChI=1S/C13H13NO/c14-12-7-3-6-11-10-5-2-1-4-9(10)8-15-13(11)12/h1-7,12-13H,8,14H2. The maximum Gasteiger partial charge on any atom is 0.102 e. The lowest BCUT2D eigenvalue weighted by molar-refractivity contribution is 0.0630. The van der Waals surface area contributed by atoms with E-state index in [0.717, 1.165) is 0 Å². The van der Waals surface area contributed by atoms with Gasteiger partial charge in [0.05, 0.1) is 12.6 Å². The van der Waals surface area contributed by atoms with Crippen molar-refractivity contribution in [2.75, 3.05) is 0 Å². The summed E-state index contributed by atoms with van der Waals surface area (Å²) in [4.78, 5) is 0. The maximum atomic E-state index is 5.99. The smallest absolute Gasteiger partial charge is 0.102 e. The van der Waals surface area contributed by atoms with Crippen molar-refractivity contribution in [3.05, 3.63) is 53.6 Å². The molecule has 1 heterocycles. The van der Waals surface area contributed by atoms with Crippen molar-refractivity contribution < 1.29 is 4.74 Å². The number of rotatable bonds is 0. The van der Waals surface area contributed by atoms with Gasteiger partial charge in [0.1, 0.15) is 6.10 Å². The van der Waals surface area contributed by atoms with Gasteiger partial charge in [-0.3, -0.25) is 0 Å². The minimum Gasteiger partial charge on any atom is -0.367 e. The first-order valence-electron chi connectivity index (χ1n) is 5.20. The first-order valence-corrected chi connectivity index (χ1v) is 5.20. The van der Waals surface area contributed by atoms with Crippen LogP contribution in [0.4, 0.5) is 0 Å². The van der Waals surface area contributed by atoms with E-state index >= 15 is 0 Å². The van der Waals surface area contributed by atoms with E-state index in [1.54, 1.807) is 0 Å². The molecule has 1 aliphatic carbocycles. The van der Waals surface area contributed by atoms with E-state index in [0.29, 0.717) is 6.61 Å². The van der Waals surface area contributed by atoms with Crippen LogP contribution in [-0.2, 0) is 11.3 Å². The second-order valence-electron chi connectivity index (χ2n) is 3.97. The Morgan fingerprint density at radius 1 is 1.27 bits per heavy atom. The Hall–Kier alpha value is -1.38. The lowest BCUT2D eigenvalue weighted by Gasteiger charge is -2.32. The molecule has 0 fully saturated rings. The normalized spacial score (nSPS) is 27.9. The number of ether oxygens (including phenoxy) is 1. The van der Waals surface area contributed by atoms with E-state index in [-0.39, 0.29) is 12.1 Å². The van der Waals surface area contributed by atoms with Crippen LogP contribution in [0.3, 0.4) is 0 Å². The second kappa shape index (κ2) is 3.33. The largest absolute Gasteiger partial charge is 0.367 e. The maximum absolute atomic E-state index is 5.99. The Balaban J connectivity index is 2.13. The van der Waals surface area contributed by atoms with Gasteiger partial charge >= 0.3 is 0 Å². The second-order valence-corrected chi connectivity index (χ2v) is 3.97. The van der Waals surface area contributed by atoms with Gasteiger partial charge < -0.3 is 10.5 Å². The number of allylic oxidation sites excluding steroid dienone is 2. The van der Waals surface area contributed by atoms with Crippen LogP contribution < -0.4 is 5.73 Å². The molecule has 2 aliphatic rings. The lowest BCUT2D eigenvalue weighted by atomic mass is 9.87. The van der Waals surface area contributed by atoms with Crippen LogP contribution in [0.2, 0.25) is 0 Å². The summed E-state index contributed by atoms with van der Waals surface area (Å²) >= 11 is 0. The van der Waals surface area contributed by atoms with Crippen LogP contribution in [0.5, 0.6) is 0 Å². The molecular weight excluding hydrogens is 186 g/mol. The van der Waals surface area contributed by atoms with Gasteiger partial charge in [-0.05, 0) is 16.7 Å². The molecule has 2 nitrogen and oxygen atoms in total. The summed E-state index contributed by atoms with van der Waals surface area (Å²) in [6.07, 6.45) is 6.14. The SMILES string of the molecule is NC1C=CC=C2c3ccccc3COC21. The highest BCUT2D eigenvalue weighted by molar-refractivity contribution is 5.75. The molecule has 2 atom stereocenters. The molecule has 0 amide bonds. The third kappa shape index (κ3) is 1.34. The molecule has 2 N–H and O–H groups in total. The minimum absolute atomic E-state index is 0.0154. The minimum atomic E-state index is -0.0154. The molecule has 0 spiro atoms. The zero-order chi connectivity index (χ0) is 10.3. The van der Waals surface area contributed by atoms with E-state index in [1.807, 2.05) is 18.2 Å². The fraction of sp³-hybridized carbons (Fsp3) is 0.231. The number of nitrogens with two attached hydrogens (primary N) is 1. The number of hydrogen-bond acceptors (Lipinski definition) is 2. The average molecular weight is 199 g/mol. The predicted octanol–water partition coefficient (Wildman–Crippen LogP) is 1.87. The van der Waals surface area contributed by atoms with Gasteiger partial charge in [-0.15, -0.1) is 0 Å². The molecule has 15 heavy (non-hydrogen) atoms.